The number of aromatic nitrogens is 6. The molecule has 7 aromatic carbocycles. The molecule has 0 radical (unpaired) electrons. The summed E-state index contributed by atoms with van der Waals surface area (Å²) >= 11 is 0. The van der Waals surface area contributed by atoms with E-state index in [4.69, 9.17) is 38.7 Å². The smallest absolute Gasteiger partial charge is 0.167 e. The van der Waals surface area contributed by atoms with Crippen LogP contribution in [0, 0.1) is 0 Å². The van der Waals surface area contributed by atoms with Gasteiger partial charge < -0.3 is 8.83 Å². The Morgan fingerprint density at radius 2 is 0.919 bits per heavy atom. The first-order valence-corrected chi connectivity index (χ1v) is 20.2. The van der Waals surface area contributed by atoms with Crippen LogP contribution in [0.15, 0.2) is 204 Å². The Labute approximate surface area is 356 Å². The monoisotopic (exact) mass is 798 g/mol. The van der Waals surface area contributed by atoms with Gasteiger partial charge in [0.2, 0.25) is 0 Å². The summed E-state index contributed by atoms with van der Waals surface area (Å²) in [6.07, 6.45) is 5.26. The maximum absolute atomic E-state index is 6.93. The Kier molecular flexibility index (Phi) is 8.94. The van der Waals surface area contributed by atoms with E-state index in [1.54, 1.807) is 12.2 Å². The van der Waals surface area contributed by atoms with E-state index in [0.29, 0.717) is 40.5 Å². The molecule has 0 bridgehead atoms. The molecular formula is C54H34N6O2. The topological polar surface area (TPSA) is 104 Å². The summed E-state index contributed by atoms with van der Waals surface area (Å²) in [5.41, 5.74) is 9.80. The summed E-state index contributed by atoms with van der Waals surface area (Å²) in [6, 6.07) is 54.4. The van der Waals surface area contributed by atoms with Crippen LogP contribution in [-0.2, 0) is 0 Å². The number of nitrogens with zero attached hydrogens (tertiary/aromatic N) is 6. The lowest BCUT2D eigenvalue weighted by molar-refractivity contribution is 0.668. The highest BCUT2D eigenvalue weighted by atomic mass is 16.3. The molecule has 0 atom stereocenters. The number of allylic oxidation sites excluding steroid dienone is 4. The third kappa shape index (κ3) is 6.34. The minimum absolute atomic E-state index is 0.486. The van der Waals surface area contributed by atoms with Crippen molar-refractivity contribution in [2.45, 2.75) is 0 Å². The molecule has 8 nitrogen and oxygen atoms in total. The van der Waals surface area contributed by atoms with Gasteiger partial charge in [-0.1, -0.05) is 171 Å². The number of para-hydroxylation sites is 2. The highest BCUT2D eigenvalue weighted by Gasteiger charge is 2.22. The van der Waals surface area contributed by atoms with Crippen LogP contribution in [0.3, 0.4) is 0 Å². The fourth-order valence-corrected chi connectivity index (χ4v) is 8.04. The Hall–Kier alpha value is -8.62. The van der Waals surface area contributed by atoms with E-state index in [0.717, 1.165) is 82.8 Å². The largest absolute Gasteiger partial charge is 0.456 e. The standard InChI is InChI=1S/C54H34N6O2/c1-3-17-33(4-2)49-55-50(34-18-8-5-9-19-34)60-54(57-49)42-28-15-26-40-39-25-14-24-38(47(39)62-48(40)42)37-30-31-44-43(32-37)46-41(27-16-29-45(46)61-44)53-58-51(35-20-10-6-11-21-35)56-52(59-53)36-22-12-7-13-23-36/h3-32H,1-2H2/b33-17+. The lowest BCUT2D eigenvalue weighted by Crippen LogP contribution is -2.02. The van der Waals surface area contributed by atoms with E-state index in [2.05, 4.69) is 49.6 Å². The average molecular weight is 799 g/mol. The van der Waals surface area contributed by atoms with E-state index in [1.807, 2.05) is 133 Å². The van der Waals surface area contributed by atoms with Gasteiger partial charge in [0.1, 0.15) is 22.3 Å². The molecule has 4 heterocycles. The summed E-state index contributed by atoms with van der Waals surface area (Å²) in [5, 5.41) is 3.77. The predicted octanol–water partition coefficient (Wildman–Crippen LogP) is 13.6. The van der Waals surface area contributed by atoms with E-state index in [9.17, 15) is 0 Å². The van der Waals surface area contributed by atoms with Crippen molar-refractivity contribution in [2.75, 3.05) is 0 Å². The van der Waals surface area contributed by atoms with Gasteiger partial charge in [0, 0.05) is 54.9 Å². The maximum atomic E-state index is 6.93. The first kappa shape index (κ1) is 36.5. The number of hydrogen-bond donors (Lipinski definition) is 0. The van der Waals surface area contributed by atoms with E-state index < -0.39 is 0 Å². The third-order valence-corrected chi connectivity index (χ3v) is 11.0. The quantitative estimate of drug-likeness (QED) is 0.133. The van der Waals surface area contributed by atoms with Gasteiger partial charge in [-0.15, -0.1) is 0 Å². The summed E-state index contributed by atoms with van der Waals surface area (Å²) in [5.74, 6) is 3.26. The minimum Gasteiger partial charge on any atom is -0.456 e. The van der Waals surface area contributed by atoms with Gasteiger partial charge in [0.25, 0.3) is 0 Å². The predicted molar refractivity (Wildman–Crippen MR) is 249 cm³/mol. The van der Waals surface area contributed by atoms with Crippen molar-refractivity contribution in [3.05, 3.63) is 201 Å². The first-order chi connectivity index (χ1) is 30.6. The molecule has 8 heteroatoms. The van der Waals surface area contributed by atoms with Crippen molar-refractivity contribution >= 4 is 49.5 Å². The van der Waals surface area contributed by atoms with E-state index in [1.165, 1.54) is 0 Å². The molecule has 0 aliphatic heterocycles. The second-order valence-electron chi connectivity index (χ2n) is 14.7. The maximum Gasteiger partial charge on any atom is 0.167 e. The highest BCUT2D eigenvalue weighted by Crippen LogP contribution is 2.42. The van der Waals surface area contributed by atoms with Crippen LogP contribution in [0.5, 0.6) is 0 Å². The lowest BCUT2D eigenvalue weighted by Gasteiger charge is -2.09. The van der Waals surface area contributed by atoms with Crippen molar-refractivity contribution in [1.82, 2.24) is 29.9 Å². The fraction of sp³-hybridized carbons (Fsp3) is 0. The average Bonchev–Trinajstić information content (AvgIpc) is 3.92. The molecule has 0 amide bonds. The fourth-order valence-electron chi connectivity index (χ4n) is 8.04. The summed E-state index contributed by atoms with van der Waals surface area (Å²) in [7, 11) is 0. The van der Waals surface area contributed by atoms with Crippen LogP contribution in [0.25, 0.3) is 118 Å². The molecule has 292 valence electrons. The number of benzene rings is 7. The van der Waals surface area contributed by atoms with Crippen LogP contribution < -0.4 is 0 Å². The molecule has 11 aromatic rings. The molecule has 0 saturated heterocycles. The molecule has 62 heavy (non-hydrogen) atoms. The zero-order chi connectivity index (χ0) is 41.6. The van der Waals surface area contributed by atoms with Crippen LogP contribution in [0.1, 0.15) is 5.82 Å². The molecule has 0 N–H and O–H groups in total. The van der Waals surface area contributed by atoms with Gasteiger partial charge in [-0.25, -0.2) is 29.9 Å². The van der Waals surface area contributed by atoms with Crippen LogP contribution in [0.4, 0.5) is 0 Å². The van der Waals surface area contributed by atoms with Gasteiger partial charge in [-0.05, 0) is 29.8 Å². The molecule has 0 spiro atoms. The van der Waals surface area contributed by atoms with Crippen molar-refractivity contribution in [2.24, 2.45) is 0 Å². The van der Waals surface area contributed by atoms with Crippen molar-refractivity contribution < 1.29 is 8.83 Å². The number of furan rings is 2. The zero-order valence-corrected chi connectivity index (χ0v) is 33.2. The first-order valence-electron chi connectivity index (χ1n) is 20.2. The lowest BCUT2D eigenvalue weighted by atomic mass is 9.98. The molecule has 0 aliphatic rings. The Morgan fingerprint density at radius 3 is 1.53 bits per heavy atom. The minimum atomic E-state index is 0.486. The molecular weight excluding hydrogens is 765 g/mol. The second kappa shape index (κ2) is 15.2. The van der Waals surface area contributed by atoms with Crippen LogP contribution >= 0.6 is 0 Å². The van der Waals surface area contributed by atoms with Crippen molar-refractivity contribution in [3.8, 4) is 68.1 Å². The van der Waals surface area contributed by atoms with Crippen molar-refractivity contribution in [3.63, 3.8) is 0 Å². The molecule has 4 aromatic heterocycles. The molecule has 0 aliphatic carbocycles. The molecule has 0 unspecified atom stereocenters. The van der Waals surface area contributed by atoms with Crippen molar-refractivity contribution in [1.29, 1.82) is 0 Å². The number of rotatable bonds is 9. The highest BCUT2D eigenvalue weighted by molar-refractivity contribution is 6.15. The van der Waals surface area contributed by atoms with Crippen LogP contribution in [-0.4, -0.2) is 29.9 Å². The van der Waals surface area contributed by atoms with Gasteiger partial charge in [-0.3, -0.25) is 0 Å². The third-order valence-electron chi connectivity index (χ3n) is 11.0. The zero-order valence-electron chi connectivity index (χ0n) is 33.2. The Bertz CT molecular complexity index is 3500. The molecule has 0 fully saturated rings. The van der Waals surface area contributed by atoms with Crippen LogP contribution in [0.2, 0.25) is 0 Å². The SMILES string of the molecule is C=C/C=C(\C=C)c1nc(-c2ccccc2)nc(-c2cccc3c2oc2c(-c4ccc5oc6cccc(-c7nc(-c8ccccc8)nc(-c8ccccc8)n7)c6c5c4)cccc23)n1. The normalized spacial score (nSPS) is 11.8. The summed E-state index contributed by atoms with van der Waals surface area (Å²) < 4.78 is 13.4. The summed E-state index contributed by atoms with van der Waals surface area (Å²) in [4.78, 5) is 29.8. The van der Waals surface area contributed by atoms with E-state index >= 15 is 0 Å². The van der Waals surface area contributed by atoms with Gasteiger partial charge in [0.05, 0.1) is 5.56 Å². The van der Waals surface area contributed by atoms with Gasteiger partial charge in [0.15, 0.2) is 34.9 Å². The summed E-state index contributed by atoms with van der Waals surface area (Å²) in [6.45, 7) is 7.89. The van der Waals surface area contributed by atoms with Gasteiger partial charge >= 0.3 is 0 Å². The Morgan fingerprint density at radius 1 is 0.403 bits per heavy atom. The molecule has 11 rings (SSSR count). The number of hydrogen-bond acceptors (Lipinski definition) is 8. The molecule has 0 saturated carbocycles. The van der Waals surface area contributed by atoms with E-state index in [-0.39, 0.29) is 0 Å². The second-order valence-corrected chi connectivity index (χ2v) is 14.7. The van der Waals surface area contributed by atoms with Gasteiger partial charge in [-0.2, -0.15) is 0 Å². The Balaban J connectivity index is 1.08. The number of fused-ring (bicyclic) bond motifs is 6.